The molecule has 0 bridgehead atoms. The monoisotopic (exact) mass is 494 g/mol. The van der Waals surface area contributed by atoms with Gasteiger partial charge >= 0.3 is 12.4 Å². The molecule has 3 aromatic rings. The summed E-state index contributed by atoms with van der Waals surface area (Å²) >= 11 is 7.01. The molecule has 32 heavy (non-hydrogen) atoms. The van der Waals surface area contributed by atoms with Crippen LogP contribution < -0.4 is 4.90 Å². The molecule has 4 rings (SSSR count). The zero-order valence-corrected chi connectivity index (χ0v) is 17.5. The van der Waals surface area contributed by atoms with Gasteiger partial charge in [-0.15, -0.1) is 5.10 Å². The molecule has 0 radical (unpaired) electrons. The van der Waals surface area contributed by atoms with Crippen molar-refractivity contribution in [1.29, 1.82) is 0 Å². The normalized spacial score (nSPS) is 14.9. The number of anilines is 1. The quantitative estimate of drug-likeness (QED) is 0.370. The molecule has 1 saturated heterocycles. The van der Waals surface area contributed by atoms with E-state index in [1.54, 1.807) is 0 Å². The van der Waals surface area contributed by atoms with E-state index in [9.17, 15) is 26.3 Å². The number of rotatable bonds is 4. The van der Waals surface area contributed by atoms with Gasteiger partial charge in [0.2, 0.25) is 11.1 Å². The molecule has 14 heteroatoms. The third kappa shape index (κ3) is 5.09. The topological polar surface area (TPSA) is 70.6 Å². The summed E-state index contributed by atoms with van der Waals surface area (Å²) in [5.41, 5.74) is -3.28. The van der Waals surface area contributed by atoms with Crippen molar-refractivity contribution in [3.63, 3.8) is 0 Å². The number of H-pyrrole nitrogens is 1. The summed E-state index contributed by atoms with van der Waals surface area (Å²) in [6, 6.07) is 2.68. The zero-order chi connectivity index (χ0) is 23.1. The van der Waals surface area contributed by atoms with Crippen molar-refractivity contribution in [3.8, 4) is 11.4 Å². The number of hydrogen-bond donors (Lipinski definition) is 1. The molecule has 0 amide bonds. The number of nitrogens with one attached hydrogen (secondary N) is 1. The van der Waals surface area contributed by atoms with E-state index in [1.165, 1.54) is 6.07 Å². The van der Waals surface area contributed by atoms with Crippen molar-refractivity contribution in [2.75, 3.05) is 18.0 Å². The highest BCUT2D eigenvalue weighted by molar-refractivity contribution is 7.99. The molecule has 0 atom stereocenters. The molecule has 1 N–H and O–H groups in total. The molecule has 1 aromatic carbocycles. The first-order chi connectivity index (χ1) is 15.0. The van der Waals surface area contributed by atoms with Crippen molar-refractivity contribution in [2.24, 2.45) is 0 Å². The summed E-state index contributed by atoms with van der Waals surface area (Å²) in [5.74, 6) is 0.185. The minimum atomic E-state index is -4.96. The van der Waals surface area contributed by atoms with Crippen molar-refractivity contribution < 1.29 is 26.3 Å². The van der Waals surface area contributed by atoms with Gasteiger partial charge < -0.3 is 4.90 Å². The fraction of sp³-hybridized carbons (Fsp3) is 0.333. The van der Waals surface area contributed by atoms with Crippen LogP contribution in [-0.2, 0) is 12.4 Å². The van der Waals surface area contributed by atoms with Crippen LogP contribution in [0.5, 0.6) is 0 Å². The summed E-state index contributed by atoms with van der Waals surface area (Å²) in [6.45, 7) is 1.57. The van der Waals surface area contributed by atoms with Gasteiger partial charge in [0.1, 0.15) is 10.2 Å². The third-order valence-electron chi connectivity index (χ3n) is 4.57. The third-order valence-corrected chi connectivity index (χ3v) is 5.55. The number of halogens is 7. The summed E-state index contributed by atoms with van der Waals surface area (Å²) in [4.78, 5) is 14.6. The van der Waals surface area contributed by atoms with Crippen LogP contribution in [0.4, 0.5) is 32.3 Å². The summed E-state index contributed by atoms with van der Waals surface area (Å²) in [6.07, 6.45) is -7.92. The summed E-state index contributed by atoms with van der Waals surface area (Å²) < 4.78 is 78.6. The van der Waals surface area contributed by atoms with Gasteiger partial charge in [-0.3, -0.25) is 5.10 Å². The molecule has 0 spiro atoms. The highest BCUT2D eigenvalue weighted by Crippen LogP contribution is 2.38. The lowest BCUT2D eigenvalue weighted by molar-refractivity contribution is -0.143. The van der Waals surface area contributed by atoms with Gasteiger partial charge in [-0.25, -0.2) is 15.0 Å². The number of aromatic nitrogens is 5. The van der Waals surface area contributed by atoms with Gasteiger partial charge in [-0.2, -0.15) is 26.3 Å². The van der Waals surface area contributed by atoms with Crippen LogP contribution in [0, 0.1) is 0 Å². The first-order valence-electron chi connectivity index (χ1n) is 9.19. The predicted molar refractivity (Wildman–Crippen MR) is 104 cm³/mol. The molecule has 6 nitrogen and oxygen atoms in total. The first-order valence-corrected chi connectivity index (χ1v) is 10.4. The molecular weight excluding hydrogens is 482 g/mol. The first kappa shape index (κ1) is 22.6. The Morgan fingerprint density at radius 1 is 0.875 bits per heavy atom. The maximum absolute atomic E-state index is 13.1. The lowest BCUT2D eigenvalue weighted by Gasteiger charge is -2.15. The van der Waals surface area contributed by atoms with E-state index in [-0.39, 0.29) is 22.2 Å². The smallest absolute Gasteiger partial charge is 0.341 e. The van der Waals surface area contributed by atoms with E-state index in [2.05, 4.69) is 25.1 Å². The largest absolute Gasteiger partial charge is 0.416 e. The molecule has 0 saturated carbocycles. The lowest BCUT2D eigenvalue weighted by Crippen LogP contribution is -2.20. The van der Waals surface area contributed by atoms with Gasteiger partial charge in [0.05, 0.1) is 11.1 Å². The molecule has 0 aliphatic carbocycles. The van der Waals surface area contributed by atoms with Gasteiger partial charge in [-0.05, 0) is 42.8 Å². The maximum atomic E-state index is 13.1. The highest BCUT2D eigenvalue weighted by Gasteiger charge is 2.37. The fourth-order valence-electron chi connectivity index (χ4n) is 3.10. The second-order valence-electron chi connectivity index (χ2n) is 6.89. The van der Waals surface area contributed by atoms with E-state index in [4.69, 9.17) is 11.6 Å². The number of alkyl halides is 6. The second kappa shape index (κ2) is 8.43. The number of benzene rings is 1. The highest BCUT2D eigenvalue weighted by atomic mass is 35.5. The van der Waals surface area contributed by atoms with Crippen LogP contribution in [0.25, 0.3) is 11.4 Å². The van der Waals surface area contributed by atoms with E-state index < -0.39 is 29.0 Å². The minimum Gasteiger partial charge on any atom is -0.341 e. The van der Waals surface area contributed by atoms with Gasteiger partial charge in [0, 0.05) is 24.7 Å². The molecule has 0 unspecified atom stereocenters. The van der Waals surface area contributed by atoms with Crippen molar-refractivity contribution in [2.45, 2.75) is 35.4 Å². The SMILES string of the molecule is FC(F)(F)c1cc(-c2nc(Sc3cc(Cl)nc(N4CCCC4)n3)n[nH]2)cc(C(F)(F)F)c1. The van der Waals surface area contributed by atoms with E-state index in [0.717, 1.165) is 37.7 Å². The van der Waals surface area contributed by atoms with Gasteiger partial charge in [0.15, 0.2) is 5.82 Å². The lowest BCUT2D eigenvalue weighted by atomic mass is 10.0. The van der Waals surface area contributed by atoms with Crippen molar-refractivity contribution in [1.82, 2.24) is 25.1 Å². The van der Waals surface area contributed by atoms with Crippen molar-refractivity contribution in [3.05, 3.63) is 40.5 Å². The molecule has 1 fully saturated rings. The van der Waals surface area contributed by atoms with Crippen LogP contribution >= 0.6 is 23.4 Å². The van der Waals surface area contributed by atoms with E-state index in [1.807, 2.05) is 4.90 Å². The van der Waals surface area contributed by atoms with Crippen LogP contribution in [0.15, 0.2) is 34.4 Å². The minimum absolute atomic E-state index is 0.0492. The Morgan fingerprint density at radius 3 is 2.09 bits per heavy atom. The number of hydrogen-bond acceptors (Lipinski definition) is 6. The van der Waals surface area contributed by atoms with Crippen LogP contribution in [0.1, 0.15) is 24.0 Å². The summed E-state index contributed by atoms with van der Waals surface area (Å²) in [5, 5.41) is 6.88. The molecule has 1 aliphatic rings. The molecule has 170 valence electrons. The predicted octanol–water partition coefficient (Wildman–Crippen LogP) is 5.70. The Bertz CT molecular complexity index is 1090. The molecule has 3 heterocycles. The number of nitrogens with zero attached hydrogens (tertiary/aromatic N) is 5. The van der Waals surface area contributed by atoms with Crippen LogP contribution in [0.3, 0.4) is 0 Å². The van der Waals surface area contributed by atoms with E-state index in [0.29, 0.717) is 23.1 Å². The van der Waals surface area contributed by atoms with Crippen LogP contribution in [0.2, 0.25) is 5.15 Å². The average Bonchev–Trinajstić information content (AvgIpc) is 3.38. The maximum Gasteiger partial charge on any atom is 0.416 e. The second-order valence-corrected chi connectivity index (χ2v) is 8.26. The Labute approximate surface area is 186 Å². The van der Waals surface area contributed by atoms with E-state index >= 15 is 0 Å². The van der Waals surface area contributed by atoms with Gasteiger partial charge in [0.25, 0.3) is 0 Å². The average molecular weight is 495 g/mol. The van der Waals surface area contributed by atoms with Gasteiger partial charge in [-0.1, -0.05) is 11.6 Å². The van der Waals surface area contributed by atoms with Crippen LogP contribution in [-0.4, -0.2) is 38.2 Å². The zero-order valence-electron chi connectivity index (χ0n) is 15.9. The standard InChI is InChI=1S/C18H13ClF6N6S/c19-12-8-13(27-15(26-12)31-3-1-2-4-31)32-16-28-14(29-30-16)9-5-10(17(20,21)22)7-11(6-9)18(23,24)25/h5-8H,1-4H2,(H,28,29,30). The molecule has 1 aliphatic heterocycles. The Morgan fingerprint density at radius 2 is 1.50 bits per heavy atom. The molecule has 2 aromatic heterocycles. The fourth-order valence-corrected chi connectivity index (χ4v) is 4.06. The Hall–Kier alpha value is -2.54. The Kier molecular flexibility index (Phi) is 5.96. The van der Waals surface area contributed by atoms with Crippen molar-refractivity contribution >= 4 is 29.3 Å². The Balaban J connectivity index is 1.63. The number of aromatic amines is 1. The summed E-state index contributed by atoms with van der Waals surface area (Å²) in [7, 11) is 0. The molecular formula is C18H13ClF6N6S.